The second-order valence-corrected chi connectivity index (χ2v) is 3.58. The number of methoxy groups -OCH3 is 1. The summed E-state index contributed by atoms with van der Waals surface area (Å²) in [6.07, 6.45) is 1.91. The van der Waals surface area contributed by atoms with Crippen LogP contribution < -0.4 is 10.1 Å². The number of ether oxygens (including phenoxy) is 1. The fourth-order valence-electron chi connectivity index (χ4n) is 1.45. The molecule has 0 unspecified atom stereocenters. The first-order valence-corrected chi connectivity index (χ1v) is 5.14. The number of hydrogen-bond donors (Lipinski definition) is 1. The van der Waals surface area contributed by atoms with E-state index in [9.17, 15) is 0 Å². The van der Waals surface area contributed by atoms with E-state index in [4.69, 9.17) is 4.74 Å². The van der Waals surface area contributed by atoms with Gasteiger partial charge in [0, 0.05) is 25.9 Å². The molecule has 2 aromatic rings. The molecule has 0 fully saturated rings. The van der Waals surface area contributed by atoms with Gasteiger partial charge in [-0.15, -0.1) is 12.4 Å². The predicted molar refractivity (Wildman–Crippen MR) is 70.8 cm³/mol. The highest BCUT2D eigenvalue weighted by Gasteiger charge is 1.97. The van der Waals surface area contributed by atoms with Gasteiger partial charge in [-0.05, 0) is 17.7 Å². The molecule has 0 radical (unpaired) electrons. The molecule has 5 heteroatoms. The van der Waals surface area contributed by atoms with Crippen molar-refractivity contribution in [2.45, 2.75) is 6.54 Å². The Bertz CT molecular complexity index is 453. The van der Waals surface area contributed by atoms with Crippen LogP contribution in [0.2, 0.25) is 0 Å². The molecule has 0 aliphatic carbocycles. The molecule has 4 nitrogen and oxygen atoms in total. The summed E-state index contributed by atoms with van der Waals surface area (Å²) in [5, 5.41) is 7.49. The molecule has 1 aromatic carbocycles. The van der Waals surface area contributed by atoms with Gasteiger partial charge in [0.05, 0.1) is 7.11 Å². The van der Waals surface area contributed by atoms with Crippen LogP contribution in [0, 0.1) is 0 Å². The van der Waals surface area contributed by atoms with Crippen molar-refractivity contribution in [2.75, 3.05) is 12.4 Å². The van der Waals surface area contributed by atoms with Crippen LogP contribution in [0.25, 0.3) is 0 Å². The first-order valence-electron chi connectivity index (χ1n) is 5.14. The lowest BCUT2D eigenvalue weighted by Crippen LogP contribution is -2.00. The maximum atomic E-state index is 5.10. The summed E-state index contributed by atoms with van der Waals surface area (Å²) >= 11 is 0. The van der Waals surface area contributed by atoms with Crippen LogP contribution >= 0.6 is 12.4 Å². The Labute approximate surface area is 107 Å². The summed E-state index contributed by atoms with van der Waals surface area (Å²) in [4.78, 5) is 0. The second-order valence-electron chi connectivity index (χ2n) is 3.58. The maximum absolute atomic E-state index is 5.10. The van der Waals surface area contributed by atoms with Gasteiger partial charge in [0.15, 0.2) is 0 Å². The number of rotatable bonds is 4. The molecular weight excluding hydrogens is 238 g/mol. The molecule has 92 valence electrons. The first-order chi connectivity index (χ1) is 7.78. The summed E-state index contributed by atoms with van der Waals surface area (Å²) in [5.74, 6) is 1.76. The van der Waals surface area contributed by atoms with Crippen LogP contribution in [0.4, 0.5) is 5.82 Å². The van der Waals surface area contributed by atoms with Gasteiger partial charge in [-0.3, -0.25) is 4.68 Å². The molecule has 0 bridgehead atoms. The van der Waals surface area contributed by atoms with Gasteiger partial charge in [-0.1, -0.05) is 12.1 Å². The van der Waals surface area contributed by atoms with Crippen LogP contribution in [0.5, 0.6) is 5.75 Å². The number of nitrogens with zero attached hydrogens (tertiary/aromatic N) is 2. The smallest absolute Gasteiger partial charge is 0.148 e. The lowest BCUT2D eigenvalue weighted by molar-refractivity contribution is 0.414. The fourth-order valence-corrected chi connectivity index (χ4v) is 1.45. The highest BCUT2D eigenvalue weighted by Crippen LogP contribution is 2.12. The molecule has 2 rings (SSSR count). The summed E-state index contributed by atoms with van der Waals surface area (Å²) in [5.41, 5.74) is 1.20. The van der Waals surface area contributed by atoms with Crippen molar-refractivity contribution in [3.63, 3.8) is 0 Å². The molecule has 0 aliphatic heterocycles. The molecule has 1 aromatic heterocycles. The van der Waals surface area contributed by atoms with E-state index >= 15 is 0 Å². The number of halogens is 1. The van der Waals surface area contributed by atoms with E-state index in [-0.39, 0.29) is 12.4 Å². The van der Waals surface area contributed by atoms with Crippen molar-refractivity contribution in [2.24, 2.45) is 7.05 Å². The standard InChI is InChI=1S/C12H15N3O.ClH/c1-15-8-7-12(14-15)13-9-10-3-5-11(16-2)6-4-10;/h3-8H,9H2,1-2H3,(H,13,14);1H. The van der Waals surface area contributed by atoms with Crippen molar-refractivity contribution < 1.29 is 4.74 Å². The number of anilines is 1. The highest BCUT2D eigenvalue weighted by atomic mass is 35.5. The van der Waals surface area contributed by atoms with Gasteiger partial charge >= 0.3 is 0 Å². The number of nitrogens with one attached hydrogen (secondary N) is 1. The Balaban J connectivity index is 0.00000144. The zero-order valence-corrected chi connectivity index (χ0v) is 10.7. The molecule has 1 heterocycles. The molecular formula is C12H16ClN3O. The van der Waals surface area contributed by atoms with Crippen LogP contribution in [0.15, 0.2) is 36.5 Å². The number of hydrogen-bond acceptors (Lipinski definition) is 3. The number of aromatic nitrogens is 2. The van der Waals surface area contributed by atoms with Gasteiger partial charge < -0.3 is 10.1 Å². The Hall–Kier alpha value is -1.68. The van der Waals surface area contributed by atoms with E-state index in [2.05, 4.69) is 10.4 Å². The monoisotopic (exact) mass is 253 g/mol. The van der Waals surface area contributed by atoms with E-state index in [1.54, 1.807) is 11.8 Å². The van der Waals surface area contributed by atoms with Gasteiger partial charge in [0.1, 0.15) is 11.6 Å². The normalized spacial score (nSPS) is 9.53. The SMILES string of the molecule is COc1ccc(CNc2ccn(C)n2)cc1.Cl. The lowest BCUT2D eigenvalue weighted by atomic mass is 10.2. The van der Waals surface area contributed by atoms with Crippen LogP contribution in [-0.4, -0.2) is 16.9 Å². The average molecular weight is 254 g/mol. The highest BCUT2D eigenvalue weighted by molar-refractivity contribution is 5.85. The lowest BCUT2D eigenvalue weighted by Gasteiger charge is -2.04. The molecule has 0 aliphatic rings. The first kappa shape index (κ1) is 13.4. The van der Waals surface area contributed by atoms with Crippen LogP contribution in [-0.2, 0) is 13.6 Å². The minimum atomic E-state index is 0. The third-order valence-electron chi connectivity index (χ3n) is 2.35. The number of aryl methyl sites for hydroxylation is 1. The van der Waals surface area contributed by atoms with Crippen LogP contribution in [0.1, 0.15) is 5.56 Å². The third-order valence-corrected chi connectivity index (χ3v) is 2.35. The van der Waals surface area contributed by atoms with Crippen LogP contribution in [0.3, 0.4) is 0 Å². The topological polar surface area (TPSA) is 39.1 Å². The second kappa shape index (κ2) is 6.15. The minimum absolute atomic E-state index is 0. The Morgan fingerprint density at radius 1 is 1.24 bits per heavy atom. The fraction of sp³-hybridized carbons (Fsp3) is 0.250. The van der Waals surface area contributed by atoms with Crippen molar-refractivity contribution in [3.8, 4) is 5.75 Å². The largest absolute Gasteiger partial charge is 0.497 e. The zero-order valence-electron chi connectivity index (χ0n) is 9.88. The zero-order chi connectivity index (χ0) is 11.4. The molecule has 0 amide bonds. The summed E-state index contributed by atoms with van der Waals surface area (Å²) in [6, 6.07) is 9.93. The average Bonchev–Trinajstić information content (AvgIpc) is 2.73. The summed E-state index contributed by atoms with van der Waals surface area (Å²) in [7, 11) is 3.57. The molecule has 0 saturated carbocycles. The minimum Gasteiger partial charge on any atom is -0.497 e. The molecule has 0 saturated heterocycles. The molecule has 1 N–H and O–H groups in total. The Kier molecular flexibility index (Phi) is 4.84. The summed E-state index contributed by atoms with van der Waals surface area (Å²) in [6.45, 7) is 0.765. The van der Waals surface area contributed by atoms with Gasteiger partial charge in [0.2, 0.25) is 0 Å². The quantitative estimate of drug-likeness (QED) is 0.910. The molecule has 0 atom stereocenters. The van der Waals surface area contributed by atoms with Crippen molar-refractivity contribution in [1.29, 1.82) is 0 Å². The summed E-state index contributed by atoms with van der Waals surface area (Å²) < 4.78 is 6.87. The van der Waals surface area contributed by atoms with Crippen molar-refractivity contribution >= 4 is 18.2 Å². The van der Waals surface area contributed by atoms with Gasteiger partial charge in [-0.25, -0.2) is 0 Å². The van der Waals surface area contributed by atoms with Gasteiger partial charge in [0.25, 0.3) is 0 Å². The van der Waals surface area contributed by atoms with E-state index < -0.39 is 0 Å². The predicted octanol–water partition coefficient (Wildman–Crippen LogP) is 2.46. The van der Waals surface area contributed by atoms with E-state index in [0.29, 0.717) is 0 Å². The van der Waals surface area contributed by atoms with Gasteiger partial charge in [-0.2, -0.15) is 5.10 Å². The molecule has 0 spiro atoms. The number of benzene rings is 1. The third kappa shape index (κ3) is 3.67. The maximum Gasteiger partial charge on any atom is 0.148 e. The van der Waals surface area contributed by atoms with Crippen molar-refractivity contribution in [3.05, 3.63) is 42.1 Å². The van der Waals surface area contributed by atoms with E-state index in [1.165, 1.54) is 5.56 Å². The Morgan fingerprint density at radius 2 is 1.94 bits per heavy atom. The Morgan fingerprint density at radius 3 is 2.47 bits per heavy atom. The molecule has 17 heavy (non-hydrogen) atoms. The van der Waals surface area contributed by atoms with E-state index in [0.717, 1.165) is 18.1 Å². The van der Waals surface area contributed by atoms with E-state index in [1.807, 2.05) is 43.6 Å². The van der Waals surface area contributed by atoms with Crippen molar-refractivity contribution in [1.82, 2.24) is 9.78 Å².